The third-order valence-corrected chi connectivity index (χ3v) is 8.18. The zero-order valence-electron chi connectivity index (χ0n) is 20.1. The van der Waals surface area contributed by atoms with Crippen LogP contribution in [0, 0.1) is 0 Å². The minimum atomic E-state index is -0.113. The van der Waals surface area contributed by atoms with Crippen LogP contribution in [0.25, 0.3) is 11.1 Å². The van der Waals surface area contributed by atoms with Gasteiger partial charge in [0.2, 0.25) is 0 Å². The molecular weight excluding hydrogens is 379 g/mol. The van der Waals surface area contributed by atoms with Gasteiger partial charge in [-0.2, -0.15) is 0 Å². The highest BCUT2D eigenvalue weighted by molar-refractivity contribution is 6.65. The lowest BCUT2D eigenvalue weighted by molar-refractivity contribution is -0.750. The minimum absolute atomic E-state index is 0.0798. The largest absolute Gasteiger partial charge is 0.474 e. The second-order valence-electron chi connectivity index (χ2n) is 9.59. The molecule has 2 aliphatic rings. The van der Waals surface area contributed by atoms with Crippen molar-refractivity contribution >= 4 is 12.8 Å². The Hall–Kier alpha value is -2.14. The van der Waals surface area contributed by atoms with E-state index >= 15 is 0 Å². The molecule has 1 saturated heterocycles. The summed E-state index contributed by atoms with van der Waals surface area (Å²) in [5, 5.41) is 0.0798. The Morgan fingerprint density at radius 2 is 1.97 bits per heavy atom. The number of nitrogens with zero attached hydrogens (tertiary/aromatic N) is 4. The summed E-state index contributed by atoms with van der Waals surface area (Å²) in [7, 11) is 2.28. The molecule has 4 nitrogen and oxygen atoms in total. The number of pyridine rings is 2. The minimum Gasteiger partial charge on any atom is -0.308 e. The third kappa shape index (κ3) is 3.24. The molecule has 2 aromatic heterocycles. The Morgan fingerprint density at radius 3 is 2.58 bits per heavy atom. The molecule has 0 aromatic carbocycles. The SMILES string of the molecule is C=CC1(CC)[n+]2ccc(-c3ccc(CCCC)nc3)cc2N2CCN(C)B2C1(C)CC. The van der Waals surface area contributed by atoms with Gasteiger partial charge < -0.3 is 4.81 Å². The number of likely N-dealkylation sites (N-methyl/N-ethyl adjacent to an activating group) is 1. The van der Waals surface area contributed by atoms with Crippen molar-refractivity contribution in [1.29, 1.82) is 0 Å². The lowest BCUT2D eigenvalue weighted by atomic mass is 9.39. The maximum Gasteiger partial charge on any atom is 0.474 e. The van der Waals surface area contributed by atoms with Gasteiger partial charge in [0.15, 0.2) is 0 Å². The molecule has 164 valence electrons. The fraction of sp³-hybridized carbons (Fsp3) is 0.538. The Labute approximate surface area is 189 Å². The summed E-state index contributed by atoms with van der Waals surface area (Å²) in [6.07, 6.45) is 12.2. The van der Waals surface area contributed by atoms with Gasteiger partial charge in [0, 0.05) is 30.1 Å². The van der Waals surface area contributed by atoms with E-state index in [9.17, 15) is 0 Å². The summed E-state index contributed by atoms with van der Waals surface area (Å²) in [6.45, 7) is 16.2. The highest BCUT2D eigenvalue weighted by atomic mass is 15.4. The van der Waals surface area contributed by atoms with Gasteiger partial charge in [0.05, 0.1) is 18.1 Å². The van der Waals surface area contributed by atoms with Gasteiger partial charge >= 0.3 is 6.98 Å². The predicted octanol–water partition coefficient (Wildman–Crippen LogP) is 5.09. The van der Waals surface area contributed by atoms with Gasteiger partial charge in [-0.05, 0) is 56.5 Å². The van der Waals surface area contributed by atoms with Gasteiger partial charge in [0.1, 0.15) is 5.54 Å². The van der Waals surface area contributed by atoms with Crippen LogP contribution in [-0.4, -0.2) is 36.9 Å². The number of fused-ring (bicyclic) bond motifs is 3. The van der Waals surface area contributed by atoms with Gasteiger partial charge in [-0.25, -0.2) is 4.57 Å². The first-order valence-electron chi connectivity index (χ1n) is 12.1. The van der Waals surface area contributed by atoms with Crippen LogP contribution < -0.4 is 9.38 Å². The van der Waals surface area contributed by atoms with Crippen LogP contribution in [0.15, 0.2) is 49.3 Å². The Bertz CT molecular complexity index is 943. The molecule has 0 bridgehead atoms. The fourth-order valence-electron chi connectivity index (χ4n) is 6.18. The molecular formula is C26H38BN4+. The summed E-state index contributed by atoms with van der Waals surface area (Å²) in [5.41, 5.74) is 3.51. The molecule has 4 rings (SSSR count). The van der Waals surface area contributed by atoms with Crippen LogP contribution in [0.2, 0.25) is 5.31 Å². The zero-order valence-corrected chi connectivity index (χ0v) is 20.1. The average Bonchev–Trinajstić information content (AvgIpc) is 3.21. The zero-order chi connectivity index (χ0) is 22.2. The van der Waals surface area contributed by atoms with Crippen molar-refractivity contribution in [3.8, 4) is 11.1 Å². The van der Waals surface area contributed by atoms with E-state index in [-0.39, 0.29) is 10.9 Å². The standard InChI is InChI=1S/C26H38BN4/c1-7-11-12-23-14-13-22(20-28-23)21-15-16-30-24(19-21)31-18-17-29(6)27(31)25(5,8-2)26(30,9-3)10-4/h9,13-16,19-20H,3,7-8,10-12,17-18H2,1-2,4-6H3/q+1. The number of hydrogen-bond donors (Lipinski definition) is 0. The van der Waals surface area contributed by atoms with Crippen LogP contribution in [0.5, 0.6) is 0 Å². The predicted molar refractivity (Wildman–Crippen MR) is 131 cm³/mol. The number of allylic oxidation sites excluding steroid dienone is 1. The summed E-state index contributed by atoms with van der Waals surface area (Å²) in [4.78, 5) is 9.89. The molecule has 5 heteroatoms. The first-order chi connectivity index (χ1) is 15.0. The van der Waals surface area contributed by atoms with E-state index in [4.69, 9.17) is 4.98 Å². The van der Waals surface area contributed by atoms with Crippen molar-refractivity contribution in [3.63, 3.8) is 0 Å². The molecule has 0 amide bonds. The number of unbranched alkanes of at least 4 members (excludes halogenated alkanes) is 1. The number of hydrogen-bond acceptors (Lipinski definition) is 3. The number of aryl methyl sites for hydroxylation is 1. The lowest BCUT2D eigenvalue weighted by Crippen LogP contribution is -2.74. The quantitative estimate of drug-likeness (QED) is 0.356. The van der Waals surface area contributed by atoms with Crippen molar-refractivity contribution in [2.45, 2.75) is 70.7 Å². The molecule has 2 atom stereocenters. The van der Waals surface area contributed by atoms with Crippen LogP contribution >= 0.6 is 0 Å². The topological polar surface area (TPSA) is 23.2 Å². The smallest absolute Gasteiger partial charge is 0.308 e. The maximum absolute atomic E-state index is 4.74. The van der Waals surface area contributed by atoms with Gasteiger partial charge in [-0.1, -0.05) is 46.8 Å². The Kier molecular flexibility index (Phi) is 6.00. The van der Waals surface area contributed by atoms with Crippen LogP contribution in [0.3, 0.4) is 0 Å². The molecule has 31 heavy (non-hydrogen) atoms. The molecule has 0 radical (unpaired) electrons. The van der Waals surface area contributed by atoms with Crippen LogP contribution in [0.4, 0.5) is 5.82 Å². The molecule has 0 N–H and O–H groups in total. The molecule has 2 unspecified atom stereocenters. The molecule has 2 aromatic rings. The van der Waals surface area contributed by atoms with Gasteiger partial charge in [0.25, 0.3) is 5.82 Å². The van der Waals surface area contributed by atoms with Crippen molar-refractivity contribution in [2.75, 3.05) is 24.9 Å². The average molecular weight is 417 g/mol. The van der Waals surface area contributed by atoms with Gasteiger partial charge in [-0.3, -0.25) is 9.79 Å². The highest BCUT2D eigenvalue weighted by Crippen LogP contribution is 2.55. The third-order valence-electron chi connectivity index (χ3n) is 8.18. The monoisotopic (exact) mass is 417 g/mol. The summed E-state index contributed by atoms with van der Waals surface area (Å²) < 4.78 is 2.51. The number of rotatable bonds is 7. The summed E-state index contributed by atoms with van der Waals surface area (Å²) in [6, 6.07) is 9.06. The van der Waals surface area contributed by atoms with Crippen molar-refractivity contribution < 1.29 is 4.57 Å². The summed E-state index contributed by atoms with van der Waals surface area (Å²) in [5.74, 6) is 1.30. The molecule has 0 saturated carbocycles. The Morgan fingerprint density at radius 1 is 1.16 bits per heavy atom. The van der Waals surface area contributed by atoms with E-state index in [1.54, 1.807) is 0 Å². The fourth-order valence-corrected chi connectivity index (χ4v) is 6.18. The lowest BCUT2D eigenvalue weighted by Gasteiger charge is -2.51. The maximum atomic E-state index is 4.74. The number of anilines is 1. The van der Waals surface area contributed by atoms with Gasteiger partial charge in [-0.15, -0.1) is 0 Å². The first kappa shape index (κ1) is 22.1. The summed E-state index contributed by atoms with van der Waals surface area (Å²) >= 11 is 0. The van der Waals surface area contributed by atoms with E-state index in [1.807, 2.05) is 6.20 Å². The van der Waals surface area contributed by atoms with Crippen LogP contribution in [-0.2, 0) is 12.0 Å². The van der Waals surface area contributed by atoms with E-state index in [1.165, 1.54) is 35.5 Å². The molecule has 0 spiro atoms. The first-order valence-corrected chi connectivity index (χ1v) is 12.1. The second kappa shape index (κ2) is 8.42. The molecule has 4 heterocycles. The van der Waals surface area contributed by atoms with Crippen LogP contribution in [0.1, 0.15) is 59.1 Å². The molecule has 0 aliphatic carbocycles. The van der Waals surface area contributed by atoms with E-state index in [2.05, 4.69) is 92.0 Å². The molecule has 2 aliphatic heterocycles. The van der Waals surface area contributed by atoms with Crippen molar-refractivity contribution in [2.24, 2.45) is 0 Å². The van der Waals surface area contributed by atoms with Crippen molar-refractivity contribution in [1.82, 2.24) is 9.79 Å². The number of aromatic nitrogens is 2. The van der Waals surface area contributed by atoms with E-state index in [0.717, 1.165) is 32.4 Å². The van der Waals surface area contributed by atoms with E-state index in [0.29, 0.717) is 6.98 Å². The van der Waals surface area contributed by atoms with Crippen molar-refractivity contribution in [3.05, 3.63) is 55.0 Å². The van der Waals surface area contributed by atoms with E-state index < -0.39 is 0 Å². The normalized spacial score (nSPS) is 25.5. The second-order valence-corrected chi connectivity index (χ2v) is 9.59. The Balaban J connectivity index is 1.82. The molecule has 1 fully saturated rings. The highest BCUT2D eigenvalue weighted by Gasteiger charge is 2.68.